The number of likely N-dealkylation sites (tertiary alicyclic amines) is 1. The lowest BCUT2D eigenvalue weighted by atomic mass is 9.76. The van der Waals surface area contributed by atoms with Crippen molar-refractivity contribution in [3.8, 4) is 0 Å². The highest BCUT2D eigenvalue weighted by Gasteiger charge is 2.70. The molecule has 8 nitrogen and oxygen atoms in total. The monoisotopic (exact) mass is 466 g/mol. The highest BCUT2D eigenvalue weighted by molar-refractivity contribution is 6.31. The number of anilines is 1. The van der Waals surface area contributed by atoms with Gasteiger partial charge in [0.05, 0.1) is 18.4 Å². The Kier molecular flexibility index (Phi) is 4.84. The summed E-state index contributed by atoms with van der Waals surface area (Å²) in [4.78, 5) is 53.7. The van der Waals surface area contributed by atoms with Gasteiger partial charge in [-0.3, -0.25) is 29.4 Å². The van der Waals surface area contributed by atoms with Crippen molar-refractivity contribution in [2.75, 3.05) is 5.32 Å². The van der Waals surface area contributed by atoms with Crippen LogP contribution in [0.15, 0.2) is 36.4 Å². The summed E-state index contributed by atoms with van der Waals surface area (Å²) in [5, 5.41) is 6.55. The fourth-order valence-corrected chi connectivity index (χ4v) is 5.72. The average Bonchev–Trinajstić information content (AvgIpc) is 3.33. The van der Waals surface area contributed by atoms with Crippen molar-refractivity contribution in [3.05, 3.63) is 63.7 Å². The van der Waals surface area contributed by atoms with Crippen LogP contribution >= 0.6 is 11.6 Å². The van der Waals surface area contributed by atoms with Gasteiger partial charge in [0, 0.05) is 28.7 Å². The van der Waals surface area contributed by atoms with Crippen molar-refractivity contribution < 1.29 is 19.2 Å². The number of nitrogens with zero attached hydrogens (tertiary/aromatic N) is 1. The van der Waals surface area contributed by atoms with Gasteiger partial charge in [-0.2, -0.15) is 0 Å². The van der Waals surface area contributed by atoms with E-state index >= 15 is 0 Å². The largest absolute Gasteiger partial charge is 0.370 e. The molecule has 170 valence electrons. The number of hydrogen-bond donors (Lipinski definition) is 3. The summed E-state index contributed by atoms with van der Waals surface area (Å²) in [7, 11) is 0. The Morgan fingerprint density at radius 3 is 2.55 bits per heavy atom. The molecular weight excluding hydrogens is 444 g/mol. The number of nitrogens with one attached hydrogen (secondary N) is 2. The summed E-state index contributed by atoms with van der Waals surface area (Å²) in [5.74, 6) is -3.83. The normalized spacial score (nSPS) is 27.8. The Bertz CT molecular complexity index is 1240. The first kappa shape index (κ1) is 21.6. The number of aryl methyl sites for hydroxylation is 1. The third-order valence-electron chi connectivity index (χ3n) is 7.22. The molecule has 3 aliphatic rings. The van der Waals surface area contributed by atoms with Crippen LogP contribution in [0.2, 0.25) is 5.02 Å². The SMILES string of the molecule is Cc1ccc2c(c1C)NC(=O)C21NC(CC(N)=O)C2C(=O)N(Cc3ccccc3Cl)C(=O)C21. The Morgan fingerprint density at radius 2 is 1.85 bits per heavy atom. The highest BCUT2D eigenvalue weighted by atomic mass is 35.5. The molecule has 33 heavy (non-hydrogen) atoms. The van der Waals surface area contributed by atoms with Crippen LogP contribution < -0.4 is 16.4 Å². The third kappa shape index (κ3) is 2.94. The van der Waals surface area contributed by atoms with Crippen molar-refractivity contribution in [1.82, 2.24) is 10.2 Å². The van der Waals surface area contributed by atoms with Gasteiger partial charge in [0.25, 0.3) is 0 Å². The van der Waals surface area contributed by atoms with E-state index < -0.39 is 47.0 Å². The van der Waals surface area contributed by atoms with Crippen LogP contribution in [0.3, 0.4) is 0 Å². The van der Waals surface area contributed by atoms with E-state index in [1.54, 1.807) is 30.3 Å². The minimum atomic E-state index is -1.46. The number of primary amides is 1. The van der Waals surface area contributed by atoms with Crippen LogP contribution in [-0.4, -0.2) is 34.6 Å². The van der Waals surface area contributed by atoms with E-state index in [0.29, 0.717) is 21.8 Å². The molecule has 2 aromatic carbocycles. The van der Waals surface area contributed by atoms with E-state index in [-0.39, 0.29) is 13.0 Å². The van der Waals surface area contributed by atoms with Crippen LogP contribution in [0.4, 0.5) is 5.69 Å². The molecule has 4 N–H and O–H groups in total. The maximum Gasteiger partial charge on any atom is 0.250 e. The smallest absolute Gasteiger partial charge is 0.250 e. The lowest BCUT2D eigenvalue weighted by Crippen LogP contribution is -2.53. The number of carbonyl (C=O) groups excluding carboxylic acids is 4. The number of halogens is 1. The zero-order chi connectivity index (χ0) is 23.7. The molecule has 4 amide bonds. The second-order valence-electron chi connectivity index (χ2n) is 8.97. The van der Waals surface area contributed by atoms with E-state index in [0.717, 1.165) is 16.0 Å². The molecule has 3 aliphatic heterocycles. The molecular formula is C24H23ClN4O4. The molecule has 0 aliphatic carbocycles. The fourth-order valence-electron chi connectivity index (χ4n) is 5.52. The second kappa shape index (κ2) is 7.40. The minimum absolute atomic E-state index is 0.00882. The van der Waals surface area contributed by atoms with Gasteiger partial charge in [-0.05, 0) is 36.6 Å². The van der Waals surface area contributed by atoms with Gasteiger partial charge in [-0.1, -0.05) is 41.9 Å². The van der Waals surface area contributed by atoms with Crippen molar-refractivity contribution in [3.63, 3.8) is 0 Å². The fraction of sp³-hybridized carbons (Fsp3) is 0.333. The first-order chi connectivity index (χ1) is 15.7. The van der Waals surface area contributed by atoms with Crippen LogP contribution in [0.1, 0.15) is 28.7 Å². The molecule has 4 atom stereocenters. The number of fused-ring (bicyclic) bond motifs is 4. The summed E-state index contributed by atoms with van der Waals surface area (Å²) in [6.45, 7) is 3.82. The Labute approximate surface area is 195 Å². The van der Waals surface area contributed by atoms with Gasteiger partial charge in [0.1, 0.15) is 5.54 Å². The summed E-state index contributed by atoms with van der Waals surface area (Å²) >= 11 is 6.27. The maximum absolute atomic E-state index is 13.7. The van der Waals surface area contributed by atoms with Crippen molar-refractivity contribution in [1.29, 1.82) is 0 Å². The van der Waals surface area contributed by atoms with E-state index in [1.807, 2.05) is 19.9 Å². The third-order valence-corrected chi connectivity index (χ3v) is 7.59. The number of rotatable bonds is 4. The van der Waals surface area contributed by atoms with Crippen LogP contribution in [-0.2, 0) is 31.3 Å². The van der Waals surface area contributed by atoms with Gasteiger partial charge in [0.2, 0.25) is 23.6 Å². The summed E-state index contributed by atoms with van der Waals surface area (Å²) in [6.07, 6.45) is -0.171. The second-order valence-corrected chi connectivity index (χ2v) is 9.38. The Balaban J connectivity index is 1.63. The molecule has 2 aromatic rings. The predicted molar refractivity (Wildman–Crippen MR) is 121 cm³/mol. The molecule has 0 radical (unpaired) electrons. The summed E-state index contributed by atoms with van der Waals surface area (Å²) < 4.78 is 0. The van der Waals surface area contributed by atoms with Gasteiger partial charge < -0.3 is 11.1 Å². The van der Waals surface area contributed by atoms with Gasteiger partial charge in [0.15, 0.2) is 0 Å². The van der Waals surface area contributed by atoms with Crippen LogP contribution in [0.25, 0.3) is 0 Å². The summed E-state index contributed by atoms with van der Waals surface area (Å²) in [6, 6.07) is 9.91. The van der Waals surface area contributed by atoms with E-state index in [4.69, 9.17) is 17.3 Å². The van der Waals surface area contributed by atoms with Gasteiger partial charge in [-0.25, -0.2) is 0 Å². The van der Waals surface area contributed by atoms with Crippen molar-refractivity contribution in [2.24, 2.45) is 17.6 Å². The minimum Gasteiger partial charge on any atom is -0.370 e. The summed E-state index contributed by atoms with van der Waals surface area (Å²) in [5.41, 5.74) is 7.75. The molecule has 0 bridgehead atoms. The first-order valence-electron chi connectivity index (χ1n) is 10.7. The average molecular weight is 467 g/mol. The Hall–Kier alpha value is -3.23. The van der Waals surface area contributed by atoms with Gasteiger partial charge in [-0.15, -0.1) is 0 Å². The van der Waals surface area contributed by atoms with Crippen LogP contribution in [0.5, 0.6) is 0 Å². The first-order valence-corrected chi connectivity index (χ1v) is 11.1. The molecule has 9 heteroatoms. The predicted octanol–water partition coefficient (Wildman–Crippen LogP) is 1.75. The zero-order valence-corrected chi connectivity index (χ0v) is 18.9. The number of amides is 4. The van der Waals surface area contributed by atoms with Crippen LogP contribution in [0, 0.1) is 25.7 Å². The van der Waals surface area contributed by atoms with E-state index in [2.05, 4.69) is 10.6 Å². The zero-order valence-electron chi connectivity index (χ0n) is 18.1. The number of benzene rings is 2. The van der Waals surface area contributed by atoms with Crippen molar-refractivity contribution >= 4 is 40.9 Å². The molecule has 0 saturated carbocycles. The Morgan fingerprint density at radius 1 is 1.12 bits per heavy atom. The van der Waals surface area contributed by atoms with E-state index in [9.17, 15) is 19.2 Å². The van der Waals surface area contributed by atoms with E-state index in [1.165, 1.54) is 0 Å². The maximum atomic E-state index is 13.7. The van der Waals surface area contributed by atoms with Gasteiger partial charge >= 0.3 is 0 Å². The molecule has 3 heterocycles. The molecule has 0 aromatic heterocycles. The molecule has 2 saturated heterocycles. The number of nitrogens with two attached hydrogens (primary N) is 1. The van der Waals surface area contributed by atoms with Crippen molar-refractivity contribution in [2.45, 2.75) is 38.4 Å². The number of carbonyl (C=O) groups is 4. The number of imide groups is 1. The highest BCUT2D eigenvalue weighted by Crippen LogP contribution is 2.54. The molecule has 4 unspecified atom stereocenters. The molecule has 5 rings (SSSR count). The molecule has 2 fully saturated rings. The topological polar surface area (TPSA) is 122 Å². The lowest BCUT2D eigenvalue weighted by molar-refractivity contribution is -0.143. The quantitative estimate of drug-likeness (QED) is 0.593. The number of hydrogen-bond acceptors (Lipinski definition) is 5. The lowest BCUT2D eigenvalue weighted by Gasteiger charge is -2.29. The standard InChI is InChI=1S/C24H23ClN4O4/c1-11-7-8-14-20(12(11)2)27-23(33)24(14)19-18(16(28-24)9-17(26)30)21(31)29(22(19)32)10-13-5-3-4-6-15(13)25/h3-8,16,18-19,28H,9-10H2,1-2H3,(H2,26,30)(H,27,33). The molecule has 1 spiro atoms.